The lowest BCUT2D eigenvalue weighted by Gasteiger charge is -2.29. The van der Waals surface area contributed by atoms with E-state index in [0.717, 1.165) is 31.9 Å². The number of carbonyl (C=O) groups is 1. The van der Waals surface area contributed by atoms with E-state index in [1.165, 1.54) is 0 Å². The summed E-state index contributed by atoms with van der Waals surface area (Å²) in [5.74, 6) is 0.907. The molecule has 1 saturated heterocycles. The smallest absolute Gasteiger partial charge is 0.235 e. The van der Waals surface area contributed by atoms with Gasteiger partial charge in [0.25, 0.3) is 0 Å². The van der Waals surface area contributed by atoms with Gasteiger partial charge in [0.05, 0.1) is 11.5 Å². The molecule has 0 spiro atoms. The van der Waals surface area contributed by atoms with Gasteiger partial charge in [0.2, 0.25) is 5.91 Å². The summed E-state index contributed by atoms with van der Waals surface area (Å²) >= 11 is 4.35. The Morgan fingerprint density at radius 1 is 1.56 bits per heavy atom. The lowest BCUT2D eigenvalue weighted by atomic mass is 10.2. The third-order valence-corrected chi connectivity index (χ3v) is 3.09. The van der Waals surface area contributed by atoms with Crippen molar-refractivity contribution in [2.24, 2.45) is 0 Å². The first-order valence-corrected chi connectivity index (χ1v) is 5.99. The highest BCUT2D eigenvalue weighted by Crippen LogP contribution is 2.11. The average Bonchev–Trinajstić information content (AvgIpc) is 2.82. The fourth-order valence-corrected chi connectivity index (χ4v) is 2.15. The number of hydrogen-bond donors (Lipinski definition) is 2. The van der Waals surface area contributed by atoms with Gasteiger partial charge in [0, 0.05) is 32.6 Å². The Morgan fingerprint density at radius 3 is 2.94 bits per heavy atom. The summed E-state index contributed by atoms with van der Waals surface area (Å²) in [5.41, 5.74) is 0. The van der Waals surface area contributed by atoms with Crippen LogP contribution in [0.2, 0.25) is 0 Å². The number of thiol groups is 1. The van der Waals surface area contributed by atoms with Crippen LogP contribution in [0.25, 0.3) is 0 Å². The minimum Gasteiger partial charge on any atom is -0.469 e. The largest absolute Gasteiger partial charge is 0.469 e. The van der Waals surface area contributed by atoms with E-state index in [-0.39, 0.29) is 11.2 Å². The minimum absolute atomic E-state index is 0.0984. The van der Waals surface area contributed by atoms with Crippen molar-refractivity contribution in [2.75, 3.05) is 26.2 Å². The number of nitrogens with zero attached hydrogens (tertiary/aromatic N) is 1. The van der Waals surface area contributed by atoms with Gasteiger partial charge in [-0.25, -0.2) is 0 Å². The fraction of sp³-hybridized carbons (Fsp3) is 0.545. The molecule has 1 aromatic rings. The van der Waals surface area contributed by atoms with Gasteiger partial charge in [-0.3, -0.25) is 4.79 Å². The van der Waals surface area contributed by atoms with Gasteiger partial charge in [-0.05, 0) is 12.1 Å². The fourth-order valence-electron chi connectivity index (χ4n) is 1.80. The topological polar surface area (TPSA) is 45.5 Å². The van der Waals surface area contributed by atoms with Crippen molar-refractivity contribution in [1.82, 2.24) is 10.2 Å². The van der Waals surface area contributed by atoms with Crippen LogP contribution in [0.15, 0.2) is 22.8 Å². The van der Waals surface area contributed by atoms with Crippen LogP contribution in [0, 0.1) is 0 Å². The predicted molar refractivity (Wildman–Crippen MR) is 64.6 cm³/mol. The molecule has 0 radical (unpaired) electrons. The van der Waals surface area contributed by atoms with Gasteiger partial charge in [0.1, 0.15) is 5.76 Å². The number of carbonyl (C=O) groups excluding carboxylic acids is 1. The van der Waals surface area contributed by atoms with Crippen molar-refractivity contribution in [1.29, 1.82) is 0 Å². The van der Waals surface area contributed by atoms with Crippen LogP contribution in [0.1, 0.15) is 5.76 Å². The zero-order valence-electron chi connectivity index (χ0n) is 9.06. The lowest BCUT2D eigenvalue weighted by Crippen LogP contribution is -2.49. The Morgan fingerprint density at radius 2 is 2.31 bits per heavy atom. The number of amides is 1. The van der Waals surface area contributed by atoms with Crippen LogP contribution < -0.4 is 5.32 Å². The van der Waals surface area contributed by atoms with Crippen molar-refractivity contribution in [3.63, 3.8) is 0 Å². The summed E-state index contributed by atoms with van der Waals surface area (Å²) in [5, 5.41) is 2.92. The highest BCUT2D eigenvalue weighted by Gasteiger charge is 2.23. The van der Waals surface area contributed by atoms with E-state index in [2.05, 4.69) is 17.9 Å². The summed E-state index contributed by atoms with van der Waals surface area (Å²) < 4.78 is 5.21. The molecule has 0 aromatic carbocycles. The zero-order chi connectivity index (χ0) is 11.4. The third kappa shape index (κ3) is 2.80. The number of hydrogen-bond acceptors (Lipinski definition) is 4. The van der Waals surface area contributed by atoms with Crippen LogP contribution in [0.5, 0.6) is 0 Å². The molecule has 1 aliphatic heterocycles. The molecule has 1 aliphatic rings. The third-order valence-electron chi connectivity index (χ3n) is 2.69. The van der Waals surface area contributed by atoms with Crippen molar-refractivity contribution in [3.05, 3.63) is 24.2 Å². The van der Waals surface area contributed by atoms with Gasteiger partial charge in [-0.15, -0.1) is 0 Å². The molecule has 2 heterocycles. The summed E-state index contributed by atoms with van der Waals surface area (Å²) in [4.78, 5) is 13.9. The highest BCUT2D eigenvalue weighted by atomic mass is 32.1. The summed E-state index contributed by atoms with van der Waals surface area (Å²) in [6.07, 6.45) is 2.17. The van der Waals surface area contributed by atoms with Crippen LogP contribution in [0.3, 0.4) is 0 Å². The Kier molecular flexibility index (Phi) is 3.90. The Labute approximate surface area is 100 Å². The first-order chi connectivity index (χ1) is 7.77. The Hall–Kier alpha value is -0.940. The monoisotopic (exact) mass is 240 g/mol. The van der Waals surface area contributed by atoms with Crippen molar-refractivity contribution >= 4 is 18.5 Å². The van der Waals surface area contributed by atoms with Crippen molar-refractivity contribution in [2.45, 2.75) is 11.7 Å². The standard InChI is InChI=1S/C11H16N2O2S/c14-11(13-5-3-12-4-6-13)10(16)8-9-2-1-7-15-9/h1-2,7,10,12,16H,3-6,8H2. The molecule has 0 bridgehead atoms. The van der Waals surface area contributed by atoms with Gasteiger partial charge >= 0.3 is 0 Å². The molecule has 1 aromatic heterocycles. The molecular formula is C11H16N2O2S. The van der Waals surface area contributed by atoms with E-state index in [1.54, 1.807) is 6.26 Å². The van der Waals surface area contributed by atoms with E-state index >= 15 is 0 Å². The number of piperazine rings is 1. The van der Waals surface area contributed by atoms with E-state index in [9.17, 15) is 4.79 Å². The first kappa shape index (κ1) is 11.5. The molecule has 5 heteroatoms. The van der Waals surface area contributed by atoms with Gasteiger partial charge < -0.3 is 14.6 Å². The SMILES string of the molecule is O=C(C(S)Cc1ccco1)N1CCNCC1. The summed E-state index contributed by atoms with van der Waals surface area (Å²) in [7, 11) is 0. The molecule has 4 nitrogen and oxygen atoms in total. The number of rotatable bonds is 3. The Balaban J connectivity index is 1.88. The van der Waals surface area contributed by atoms with E-state index in [4.69, 9.17) is 4.42 Å². The van der Waals surface area contributed by atoms with Crippen LogP contribution in [0.4, 0.5) is 0 Å². The van der Waals surface area contributed by atoms with Crippen LogP contribution in [-0.4, -0.2) is 42.2 Å². The molecule has 1 N–H and O–H groups in total. The molecule has 2 rings (SSSR count). The molecule has 0 aliphatic carbocycles. The molecule has 1 amide bonds. The highest BCUT2D eigenvalue weighted by molar-refractivity contribution is 7.81. The Bertz CT molecular complexity index is 334. The van der Waals surface area contributed by atoms with Crippen molar-refractivity contribution in [3.8, 4) is 0 Å². The second kappa shape index (κ2) is 5.41. The molecule has 0 saturated carbocycles. The average molecular weight is 240 g/mol. The van der Waals surface area contributed by atoms with Crippen LogP contribution >= 0.6 is 12.6 Å². The van der Waals surface area contributed by atoms with Gasteiger partial charge in [-0.1, -0.05) is 0 Å². The van der Waals surface area contributed by atoms with Gasteiger partial charge in [0.15, 0.2) is 0 Å². The molecule has 88 valence electrons. The maximum atomic E-state index is 12.0. The zero-order valence-corrected chi connectivity index (χ0v) is 9.95. The number of nitrogens with one attached hydrogen (secondary N) is 1. The molecule has 16 heavy (non-hydrogen) atoms. The molecule has 1 unspecified atom stereocenters. The van der Waals surface area contributed by atoms with Crippen LogP contribution in [-0.2, 0) is 11.2 Å². The lowest BCUT2D eigenvalue weighted by molar-refractivity contribution is -0.131. The summed E-state index contributed by atoms with van der Waals surface area (Å²) in [6, 6.07) is 3.69. The van der Waals surface area contributed by atoms with Gasteiger partial charge in [-0.2, -0.15) is 12.6 Å². The first-order valence-electron chi connectivity index (χ1n) is 5.47. The maximum absolute atomic E-state index is 12.0. The second-order valence-electron chi connectivity index (χ2n) is 3.87. The van der Waals surface area contributed by atoms with E-state index in [0.29, 0.717) is 6.42 Å². The van der Waals surface area contributed by atoms with Crippen molar-refractivity contribution < 1.29 is 9.21 Å². The summed E-state index contributed by atoms with van der Waals surface area (Å²) in [6.45, 7) is 3.28. The normalized spacial score (nSPS) is 18.4. The number of furan rings is 1. The minimum atomic E-state index is -0.302. The second-order valence-corrected chi connectivity index (χ2v) is 4.50. The molecule has 1 fully saturated rings. The maximum Gasteiger partial charge on any atom is 0.235 e. The van der Waals surface area contributed by atoms with E-state index in [1.807, 2.05) is 17.0 Å². The quantitative estimate of drug-likeness (QED) is 0.759. The predicted octanol–water partition coefficient (Wildman–Crippen LogP) is 0.552. The molecular weight excluding hydrogens is 224 g/mol. The van der Waals surface area contributed by atoms with E-state index < -0.39 is 0 Å². The molecule has 1 atom stereocenters.